The third-order valence-corrected chi connectivity index (χ3v) is 3.53. The maximum Gasteiger partial charge on any atom is 0.387 e. The Balaban J connectivity index is 2.04. The second-order valence-electron chi connectivity index (χ2n) is 5.43. The van der Waals surface area contributed by atoms with E-state index < -0.39 is 24.2 Å². The van der Waals surface area contributed by atoms with E-state index in [-0.39, 0.29) is 24.3 Å². The average molecular weight is 378 g/mol. The number of benzene rings is 2. The zero-order chi connectivity index (χ0) is 19.8. The molecule has 27 heavy (non-hydrogen) atoms. The number of hydrogen-bond acceptors (Lipinski definition) is 3. The molecule has 2 N–H and O–H groups in total. The predicted octanol–water partition coefficient (Wildman–Crippen LogP) is 3.41. The van der Waals surface area contributed by atoms with Crippen molar-refractivity contribution in [1.29, 1.82) is 0 Å². The van der Waals surface area contributed by atoms with Crippen molar-refractivity contribution in [3.63, 3.8) is 0 Å². The first-order chi connectivity index (χ1) is 12.9. The lowest BCUT2D eigenvalue weighted by atomic mass is 10.1. The largest absolute Gasteiger partial charge is 0.434 e. The average Bonchev–Trinajstić information content (AvgIpc) is 2.63. The van der Waals surface area contributed by atoms with E-state index in [1.54, 1.807) is 24.3 Å². The third-order valence-electron chi connectivity index (χ3n) is 3.53. The van der Waals surface area contributed by atoms with E-state index in [0.29, 0.717) is 11.3 Å². The molecule has 0 atom stereocenters. The van der Waals surface area contributed by atoms with Gasteiger partial charge in [-0.1, -0.05) is 24.8 Å². The normalized spacial score (nSPS) is 10.4. The molecule has 0 spiro atoms. The summed E-state index contributed by atoms with van der Waals surface area (Å²) in [5.41, 5.74) is 1.08. The molecule has 2 aromatic rings. The fraction of sp³-hybridized carbons (Fsp3) is 0.158. The lowest BCUT2D eigenvalue weighted by molar-refractivity contribution is -0.120. The number of para-hydroxylation sites is 1. The number of ether oxygens (including phenoxy) is 1. The monoisotopic (exact) mass is 378 g/mol. The Labute approximate surface area is 153 Å². The van der Waals surface area contributed by atoms with Gasteiger partial charge in [0.2, 0.25) is 11.8 Å². The van der Waals surface area contributed by atoms with Crippen molar-refractivity contribution in [1.82, 2.24) is 5.32 Å². The summed E-state index contributed by atoms with van der Waals surface area (Å²) >= 11 is 0. The summed E-state index contributed by atoms with van der Waals surface area (Å²) in [5.74, 6) is -1.72. The molecule has 0 unspecified atom stereocenters. The van der Waals surface area contributed by atoms with Crippen molar-refractivity contribution >= 4 is 17.5 Å². The minimum absolute atomic E-state index is 0.0754. The highest BCUT2D eigenvalue weighted by molar-refractivity contribution is 5.99. The molecule has 8 heteroatoms. The summed E-state index contributed by atoms with van der Waals surface area (Å²) in [7, 11) is 0. The topological polar surface area (TPSA) is 67.4 Å². The molecule has 142 valence electrons. The van der Waals surface area contributed by atoms with Crippen LogP contribution >= 0.6 is 0 Å². The Morgan fingerprint density at radius 1 is 1.15 bits per heavy atom. The summed E-state index contributed by atoms with van der Waals surface area (Å²) < 4.78 is 42.5. The molecule has 0 aromatic heterocycles. The van der Waals surface area contributed by atoms with Crippen molar-refractivity contribution in [2.45, 2.75) is 19.6 Å². The standard InChI is InChI=1S/C19H17F3N2O3/c1-2-17(25)24-15-6-4-3-5-12(15)10-18(26)23-11-13-9-14(20)7-8-16(13)27-19(21)22/h2-9,19H,1,10-11H2,(H,23,26)(H,24,25). The SMILES string of the molecule is C=CC(=O)Nc1ccccc1CC(=O)NCc1cc(F)ccc1OC(F)F. The van der Waals surface area contributed by atoms with Crippen LogP contribution in [-0.4, -0.2) is 18.4 Å². The van der Waals surface area contributed by atoms with Crippen LogP contribution in [0.2, 0.25) is 0 Å². The molecule has 0 bridgehead atoms. The van der Waals surface area contributed by atoms with Gasteiger partial charge in [0.05, 0.1) is 6.42 Å². The summed E-state index contributed by atoms with van der Waals surface area (Å²) in [4.78, 5) is 23.6. The van der Waals surface area contributed by atoms with E-state index in [2.05, 4.69) is 21.9 Å². The van der Waals surface area contributed by atoms with Gasteiger partial charge in [0.15, 0.2) is 0 Å². The van der Waals surface area contributed by atoms with Crippen LogP contribution in [0.15, 0.2) is 55.1 Å². The Hall–Kier alpha value is -3.29. The van der Waals surface area contributed by atoms with Gasteiger partial charge >= 0.3 is 6.61 Å². The molecule has 0 aliphatic carbocycles. The van der Waals surface area contributed by atoms with Gasteiger partial charge in [0.25, 0.3) is 0 Å². The first-order valence-electron chi connectivity index (χ1n) is 7.90. The van der Waals surface area contributed by atoms with Crippen LogP contribution in [0.3, 0.4) is 0 Å². The summed E-state index contributed by atoms with van der Waals surface area (Å²) in [6, 6.07) is 9.76. The zero-order valence-electron chi connectivity index (χ0n) is 14.2. The van der Waals surface area contributed by atoms with Crippen LogP contribution in [0, 0.1) is 5.82 Å². The highest BCUT2D eigenvalue weighted by Crippen LogP contribution is 2.22. The zero-order valence-corrected chi connectivity index (χ0v) is 14.2. The molecule has 0 aliphatic rings. The number of hydrogen-bond donors (Lipinski definition) is 2. The number of alkyl halides is 2. The van der Waals surface area contributed by atoms with Gasteiger partial charge in [-0.15, -0.1) is 0 Å². The van der Waals surface area contributed by atoms with Crippen molar-refractivity contribution in [3.05, 3.63) is 72.1 Å². The Bertz CT molecular complexity index is 841. The van der Waals surface area contributed by atoms with Crippen LogP contribution in [0.1, 0.15) is 11.1 Å². The molecule has 0 radical (unpaired) electrons. The molecular formula is C19H17F3N2O3. The Morgan fingerprint density at radius 2 is 1.89 bits per heavy atom. The molecule has 5 nitrogen and oxygen atoms in total. The number of carbonyl (C=O) groups is 2. The molecule has 2 amide bonds. The van der Waals surface area contributed by atoms with Gasteiger partial charge in [-0.3, -0.25) is 9.59 Å². The predicted molar refractivity (Wildman–Crippen MR) is 93.9 cm³/mol. The molecule has 2 aromatic carbocycles. The van der Waals surface area contributed by atoms with Crippen LogP contribution in [-0.2, 0) is 22.6 Å². The van der Waals surface area contributed by atoms with Gasteiger partial charge in [0, 0.05) is 17.8 Å². The molecule has 0 saturated heterocycles. The van der Waals surface area contributed by atoms with E-state index in [1.165, 1.54) is 0 Å². The maximum absolute atomic E-state index is 13.4. The van der Waals surface area contributed by atoms with E-state index in [1.807, 2.05) is 0 Å². The van der Waals surface area contributed by atoms with Gasteiger partial charge < -0.3 is 15.4 Å². The smallest absolute Gasteiger partial charge is 0.387 e. The molecule has 0 aliphatic heterocycles. The van der Waals surface area contributed by atoms with Gasteiger partial charge in [-0.25, -0.2) is 4.39 Å². The molecule has 0 saturated carbocycles. The van der Waals surface area contributed by atoms with Gasteiger partial charge in [0.1, 0.15) is 11.6 Å². The van der Waals surface area contributed by atoms with Crippen LogP contribution in [0.5, 0.6) is 5.75 Å². The number of halogens is 3. The summed E-state index contributed by atoms with van der Waals surface area (Å²) in [5, 5.41) is 5.11. The number of anilines is 1. The third kappa shape index (κ3) is 6.18. The summed E-state index contributed by atoms with van der Waals surface area (Å²) in [6.07, 6.45) is 1.03. The van der Waals surface area contributed by atoms with Crippen molar-refractivity contribution in [2.75, 3.05) is 5.32 Å². The second kappa shape index (κ2) is 9.42. The van der Waals surface area contributed by atoms with E-state index in [9.17, 15) is 22.8 Å². The van der Waals surface area contributed by atoms with Crippen molar-refractivity contribution in [3.8, 4) is 5.75 Å². The lowest BCUT2D eigenvalue weighted by Crippen LogP contribution is -2.25. The quantitative estimate of drug-likeness (QED) is 0.692. The van der Waals surface area contributed by atoms with Crippen LogP contribution in [0.25, 0.3) is 0 Å². The highest BCUT2D eigenvalue weighted by Gasteiger charge is 2.13. The fourth-order valence-corrected chi connectivity index (χ4v) is 2.31. The van der Waals surface area contributed by atoms with Gasteiger partial charge in [-0.2, -0.15) is 8.78 Å². The minimum atomic E-state index is -3.06. The lowest BCUT2D eigenvalue weighted by Gasteiger charge is -2.13. The van der Waals surface area contributed by atoms with Crippen LogP contribution < -0.4 is 15.4 Å². The number of amides is 2. The number of nitrogens with one attached hydrogen (secondary N) is 2. The Kier molecular flexibility index (Phi) is 6.99. The number of carbonyl (C=O) groups excluding carboxylic acids is 2. The van der Waals surface area contributed by atoms with E-state index in [4.69, 9.17) is 0 Å². The molecule has 2 rings (SSSR count). The fourth-order valence-electron chi connectivity index (χ4n) is 2.31. The first-order valence-corrected chi connectivity index (χ1v) is 7.90. The van der Waals surface area contributed by atoms with Crippen molar-refractivity contribution in [2.24, 2.45) is 0 Å². The van der Waals surface area contributed by atoms with E-state index >= 15 is 0 Å². The Morgan fingerprint density at radius 3 is 2.59 bits per heavy atom. The molecule has 0 heterocycles. The molecule has 0 fully saturated rings. The second-order valence-corrected chi connectivity index (χ2v) is 5.43. The van der Waals surface area contributed by atoms with Crippen molar-refractivity contribution < 1.29 is 27.5 Å². The van der Waals surface area contributed by atoms with Gasteiger partial charge in [-0.05, 0) is 35.9 Å². The molecular weight excluding hydrogens is 361 g/mol. The first kappa shape index (κ1) is 20.0. The number of rotatable bonds is 8. The summed E-state index contributed by atoms with van der Waals surface area (Å²) in [6.45, 7) is 0.0998. The van der Waals surface area contributed by atoms with E-state index in [0.717, 1.165) is 24.3 Å². The maximum atomic E-state index is 13.4. The minimum Gasteiger partial charge on any atom is -0.434 e. The van der Waals surface area contributed by atoms with Crippen LogP contribution in [0.4, 0.5) is 18.9 Å². The highest BCUT2D eigenvalue weighted by atomic mass is 19.3.